The van der Waals surface area contributed by atoms with E-state index in [2.05, 4.69) is 19.9 Å². The van der Waals surface area contributed by atoms with E-state index in [1.807, 2.05) is 6.07 Å². The van der Waals surface area contributed by atoms with Gasteiger partial charge in [-0.2, -0.15) is 0 Å². The highest BCUT2D eigenvalue weighted by molar-refractivity contribution is 7.93. The van der Waals surface area contributed by atoms with E-state index in [1.165, 1.54) is 11.3 Å². The molecule has 3 rings (SSSR count). The zero-order chi connectivity index (χ0) is 13.5. The second kappa shape index (κ2) is 4.32. The van der Waals surface area contributed by atoms with E-state index < -0.39 is 10.0 Å². The third kappa shape index (κ3) is 2.32. The Morgan fingerprint density at radius 2 is 2.11 bits per heavy atom. The van der Waals surface area contributed by atoms with Crippen molar-refractivity contribution >= 4 is 37.4 Å². The molecule has 0 amide bonds. The molecule has 0 aliphatic heterocycles. The van der Waals surface area contributed by atoms with E-state index in [4.69, 9.17) is 0 Å². The number of benzene rings is 1. The number of fused-ring (bicyclic) bond motifs is 1. The standard InChI is InChI=1S/C11H10N4O2S2/c1-7-13-14-11(18-7)15-19(16,17)9-3-2-8-4-5-12-10(8)6-9/h2-6,12H,1H3,(H,14,15). The van der Waals surface area contributed by atoms with Gasteiger partial charge in [0.25, 0.3) is 10.0 Å². The molecule has 0 spiro atoms. The van der Waals surface area contributed by atoms with Gasteiger partial charge in [-0.15, -0.1) is 10.2 Å². The van der Waals surface area contributed by atoms with Gasteiger partial charge in [0.2, 0.25) is 5.13 Å². The molecule has 1 aromatic carbocycles. The molecule has 2 aromatic heterocycles. The molecule has 3 aromatic rings. The van der Waals surface area contributed by atoms with Gasteiger partial charge in [0, 0.05) is 11.7 Å². The Hall–Kier alpha value is -1.93. The first-order chi connectivity index (χ1) is 9.04. The predicted octanol–water partition coefficient (Wildman–Crippen LogP) is 2.13. The van der Waals surface area contributed by atoms with Crippen molar-refractivity contribution in [3.05, 3.63) is 35.5 Å². The van der Waals surface area contributed by atoms with Crippen molar-refractivity contribution in [3.63, 3.8) is 0 Å². The number of aromatic amines is 1. The first-order valence-electron chi connectivity index (χ1n) is 5.45. The Kier molecular flexibility index (Phi) is 2.76. The number of nitrogens with zero attached hydrogens (tertiary/aromatic N) is 2. The number of aryl methyl sites for hydroxylation is 1. The number of hydrogen-bond acceptors (Lipinski definition) is 5. The number of H-pyrrole nitrogens is 1. The molecule has 0 aliphatic rings. The van der Waals surface area contributed by atoms with Crippen LogP contribution in [0.15, 0.2) is 35.4 Å². The molecule has 98 valence electrons. The maximum atomic E-state index is 12.2. The number of rotatable bonds is 3. The van der Waals surface area contributed by atoms with E-state index >= 15 is 0 Å². The largest absolute Gasteiger partial charge is 0.361 e. The Bertz CT molecular complexity index is 835. The minimum atomic E-state index is -3.63. The van der Waals surface area contributed by atoms with Crippen LogP contribution >= 0.6 is 11.3 Å². The number of hydrogen-bond donors (Lipinski definition) is 2. The van der Waals surface area contributed by atoms with Crippen LogP contribution in [0.4, 0.5) is 5.13 Å². The molecule has 19 heavy (non-hydrogen) atoms. The van der Waals surface area contributed by atoms with Crippen LogP contribution in [0, 0.1) is 6.92 Å². The van der Waals surface area contributed by atoms with E-state index in [-0.39, 0.29) is 10.0 Å². The van der Waals surface area contributed by atoms with Crippen molar-refractivity contribution in [2.24, 2.45) is 0 Å². The minimum Gasteiger partial charge on any atom is -0.361 e. The molecule has 2 heterocycles. The van der Waals surface area contributed by atoms with Gasteiger partial charge in [-0.3, -0.25) is 4.72 Å². The van der Waals surface area contributed by atoms with Gasteiger partial charge < -0.3 is 4.98 Å². The van der Waals surface area contributed by atoms with Crippen LogP contribution in [0.1, 0.15) is 5.01 Å². The molecule has 0 saturated carbocycles. The van der Waals surface area contributed by atoms with Crippen LogP contribution < -0.4 is 4.72 Å². The molecule has 0 bridgehead atoms. The first-order valence-corrected chi connectivity index (χ1v) is 7.75. The zero-order valence-corrected chi connectivity index (χ0v) is 11.5. The van der Waals surface area contributed by atoms with Crippen LogP contribution in [0.3, 0.4) is 0 Å². The molecule has 0 radical (unpaired) electrons. The van der Waals surface area contributed by atoms with Gasteiger partial charge in [-0.25, -0.2) is 8.42 Å². The van der Waals surface area contributed by atoms with Crippen LogP contribution in [0.25, 0.3) is 10.9 Å². The highest BCUT2D eigenvalue weighted by Crippen LogP contribution is 2.22. The fourth-order valence-corrected chi connectivity index (χ4v) is 3.55. The average Bonchev–Trinajstić information content (AvgIpc) is 2.96. The van der Waals surface area contributed by atoms with Gasteiger partial charge in [-0.1, -0.05) is 17.4 Å². The molecule has 0 unspecified atom stereocenters. The summed E-state index contributed by atoms with van der Waals surface area (Å²) in [7, 11) is -3.63. The van der Waals surface area contributed by atoms with Crippen LogP contribution in [0.2, 0.25) is 0 Å². The zero-order valence-electron chi connectivity index (χ0n) is 9.91. The summed E-state index contributed by atoms with van der Waals surface area (Å²) in [6, 6.07) is 6.79. The van der Waals surface area contributed by atoms with Gasteiger partial charge in [0.1, 0.15) is 5.01 Å². The second-order valence-electron chi connectivity index (χ2n) is 3.96. The first kappa shape index (κ1) is 12.1. The topological polar surface area (TPSA) is 87.7 Å². The van der Waals surface area contributed by atoms with Gasteiger partial charge in [0.15, 0.2) is 0 Å². The summed E-state index contributed by atoms with van der Waals surface area (Å²) in [6.07, 6.45) is 1.77. The van der Waals surface area contributed by atoms with Crippen molar-refractivity contribution in [1.82, 2.24) is 15.2 Å². The SMILES string of the molecule is Cc1nnc(NS(=O)(=O)c2ccc3cc[nH]c3c2)s1. The van der Waals surface area contributed by atoms with E-state index in [0.29, 0.717) is 5.01 Å². The normalized spacial score (nSPS) is 11.8. The number of nitrogens with one attached hydrogen (secondary N) is 2. The lowest BCUT2D eigenvalue weighted by molar-refractivity contribution is 0.601. The van der Waals surface area contributed by atoms with Crippen molar-refractivity contribution in [2.75, 3.05) is 4.72 Å². The van der Waals surface area contributed by atoms with Crippen LogP contribution in [-0.2, 0) is 10.0 Å². The highest BCUT2D eigenvalue weighted by atomic mass is 32.2. The van der Waals surface area contributed by atoms with Gasteiger partial charge in [-0.05, 0) is 30.5 Å². The molecule has 0 fully saturated rings. The molecule has 0 saturated heterocycles. The summed E-state index contributed by atoms with van der Waals surface area (Å²) >= 11 is 1.19. The third-order valence-corrected chi connectivity index (χ3v) is 4.80. The summed E-state index contributed by atoms with van der Waals surface area (Å²) in [4.78, 5) is 3.17. The summed E-state index contributed by atoms with van der Waals surface area (Å²) in [5.41, 5.74) is 0.774. The van der Waals surface area contributed by atoms with E-state index in [9.17, 15) is 8.42 Å². The lowest BCUT2D eigenvalue weighted by Gasteiger charge is -2.04. The van der Waals surface area contributed by atoms with Crippen LogP contribution in [-0.4, -0.2) is 23.6 Å². The summed E-state index contributed by atoms with van der Waals surface area (Å²) in [5, 5.41) is 9.46. The van der Waals surface area contributed by atoms with Gasteiger partial charge >= 0.3 is 0 Å². The fraction of sp³-hybridized carbons (Fsp3) is 0.0909. The summed E-state index contributed by atoms with van der Waals surface area (Å²) in [6.45, 7) is 1.76. The number of aromatic nitrogens is 3. The fourth-order valence-electron chi connectivity index (χ4n) is 1.71. The molecule has 8 heteroatoms. The maximum Gasteiger partial charge on any atom is 0.263 e. The smallest absolute Gasteiger partial charge is 0.263 e. The predicted molar refractivity (Wildman–Crippen MR) is 73.8 cm³/mol. The minimum absolute atomic E-state index is 0.190. The number of sulfonamides is 1. The lowest BCUT2D eigenvalue weighted by Crippen LogP contribution is -2.12. The molecular weight excluding hydrogens is 284 g/mol. The Labute approximate surface area is 113 Å². The Morgan fingerprint density at radius 3 is 2.84 bits per heavy atom. The Balaban J connectivity index is 1.98. The van der Waals surface area contributed by atoms with Crippen molar-refractivity contribution in [2.45, 2.75) is 11.8 Å². The average molecular weight is 294 g/mol. The number of anilines is 1. The quantitative estimate of drug-likeness (QED) is 0.774. The van der Waals surface area contributed by atoms with Crippen LogP contribution in [0.5, 0.6) is 0 Å². The monoisotopic (exact) mass is 294 g/mol. The summed E-state index contributed by atoms with van der Waals surface area (Å²) in [5.74, 6) is 0. The molecule has 6 nitrogen and oxygen atoms in total. The van der Waals surface area contributed by atoms with Crippen molar-refractivity contribution < 1.29 is 8.42 Å². The molecule has 0 aliphatic carbocycles. The summed E-state index contributed by atoms with van der Waals surface area (Å²) < 4.78 is 26.8. The van der Waals surface area contributed by atoms with E-state index in [0.717, 1.165) is 10.9 Å². The highest BCUT2D eigenvalue weighted by Gasteiger charge is 2.16. The maximum absolute atomic E-state index is 12.2. The van der Waals surface area contributed by atoms with Gasteiger partial charge in [0.05, 0.1) is 4.90 Å². The molecule has 2 N–H and O–H groups in total. The lowest BCUT2D eigenvalue weighted by atomic mass is 10.2. The Morgan fingerprint density at radius 1 is 1.26 bits per heavy atom. The van der Waals surface area contributed by atoms with E-state index in [1.54, 1.807) is 31.3 Å². The molecule has 0 atom stereocenters. The van der Waals surface area contributed by atoms with Crippen molar-refractivity contribution in [1.29, 1.82) is 0 Å². The third-order valence-electron chi connectivity index (χ3n) is 2.58. The molecular formula is C11H10N4O2S2. The van der Waals surface area contributed by atoms with Crippen molar-refractivity contribution in [3.8, 4) is 0 Å². The second-order valence-corrected chi connectivity index (χ2v) is 6.82.